The Morgan fingerprint density at radius 2 is 1.86 bits per heavy atom. The highest BCUT2D eigenvalue weighted by atomic mass is 19.1. The number of piperidine rings is 1. The maximum Gasteiger partial charge on any atom is 0.278 e. The molecule has 3 rings (SSSR count). The molecule has 2 heterocycles. The first-order valence-corrected chi connectivity index (χ1v) is 7.38. The molecule has 0 aliphatic carbocycles. The summed E-state index contributed by atoms with van der Waals surface area (Å²) in [6.07, 6.45) is 4.84. The third-order valence-electron chi connectivity index (χ3n) is 3.84. The average molecular weight is 303 g/mol. The van der Waals surface area contributed by atoms with E-state index in [-0.39, 0.29) is 11.7 Å². The first-order valence-electron chi connectivity index (χ1n) is 7.38. The molecule has 1 aromatic heterocycles. The summed E-state index contributed by atoms with van der Waals surface area (Å²) in [7, 11) is 1.51. The summed E-state index contributed by atoms with van der Waals surface area (Å²) in [5, 5.41) is 4.33. The molecule has 0 N–H and O–H groups in total. The van der Waals surface area contributed by atoms with Gasteiger partial charge in [-0.2, -0.15) is 5.10 Å². The number of hydrogen-bond acceptors (Lipinski definition) is 3. The van der Waals surface area contributed by atoms with Gasteiger partial charge in [0.1, 0.15) is 5.82 Å². The third-order valence-corrected chi connectivity index (χ3v) is 3.84. The maximum atomic E-state index is 13.0. The molecule has 0 unspecified atom stereocenters. The Bertz CT molecular complexity index is 661. The number of benzene rings is 1. The Labute approximate surface area is 128 Å². The number of halogens is 1. The molecule has 22 heavy (non-hydrogen) atoms. The van der Waals surface area contributed by atoms with Crippen molar-refractivity contribution in [2.75, 3.05) is 20.2 Å². The van der Waals surface area contributed by atoms with E-state index in [1.807, 2.05) is 4.90 Å². The molecule has 116 valence electrons. The molecule has 0 saturated carbocycles. The van der Waals surface area contributed by atoms with Crippen molar-refractivity contribution in [3.05, 3.63) is 42.0 Å². The molecule has 6 heteroatoms. The zero-order chi connectivity index (χ0) is 15.5. The quantitative estimate of drug-likeness (QED) is 0.876. The van der Waals surface area contributed by atoms with E-state index in [1.54, 1.807) is 18.3 Å². The number of ether oxygens (including phenoxy) is 1. The molecular weight excluding hydrogens is 285 g/mol. The van der Waals surface area contributed by atoms with Crippen molar-refractivity contribution >= 4 is 5.91 Å². The van der Waals surface area contributed by atoms with Gasteiger partial charge in [0.2, 0.25) is 0 Å². The van der Waals surface area contributed by atoms with Crippen LogP contribution in [0.3, 0.4) is 0 Å². The SMILES string of the molecule is COc1cn(-c2ccc(F)cc2)nc1C(=O)N1CCCCC1. The van der Waals surface area contributed by atoms with Gasteiger partial charge in [-0.05, 0) is 43.5 Å². The summed E-state index contributed by atoms with van der Waals surface area (Å²) in [6, 6.07) is 5.93. The van der Waals surface area contributed by atoms with Crippen LogP contribution in [0.4, 0.5) is 4.39 Å². The number of carbonyl (C=O) groups excluding carboxylic acids is 1. The van der Waals surface area contributed by atoms with Crippen LogP contribution in [0.25, 0.3) is 5.69 Å². The van der Waals surface area contributed by atoms with E-state index in [0.717, 1.165) is 32.4 Å². The lowest BCUT2D eigenvalue weighted by Crippen LogP contribution is -2.36. The summed E-state index contributed by atoms with van der Waals surface area (Å²) in [5.74, 6) is 0.00444. The molecule has 1 aliphatic heterocycles. The number of likely N-dealkylation sites (tertiary alicyclic amines) is 1. The molecule has 1 aliphatic rings. The van der Waals surface area contributed by atoms with Gasteiger partial charge in [-0.25, -0.2) is 9.07 Å². The van der Waals surface area contributed by atoms with Crippen LogP contribution in [-0.4, -0.2) is 40.8 Å². The van der Waals surface area contributed by atoms with Crippen molar-refractivity contribution in [2.45, 2.75) is 19.3 Å². The van der Waals surface area contributed by atoms with Gasteiger partial charge >= 0.3 is 0 Å². The molecular formula is C16H18FN3O2. The fourth-order valence-electron chi connectivity index (χ4n) is 2.63. The maximum absolute atomic E-state index is 13.0. The fourth-order valence-corrected chi connectivity index (χ4v) is 2.63. The Balaban J connectivity index is 1.90. The topological polar surface area (TPSA) is 47.4 Å². The van der Waals surface area contributed by atoms with Crippen LogP contribution in [0.2, 0.25) is 0 Å². The standard InChI is InChI=1S/C16H18FN3O2/c1-22-14-11-20(13-7-5-12(17)6-8-13)18-15(14)16(21)19-9-3-2-4-10-19/h5-8,11H,2-4,9-10H2,1H3. The third kappa shape index (κ3) is 2.81. The minimum atomic E-state index is -0.313. The van der Waals surface area contributed by atoms with Crippen LogP contribution in [0.1, 0.15) is 29.8 Å². The number of hydrogen-bond donors (Lipinski definition) is 0. The minimum Gasteiger partial charge on any atom is -0.493 e. The summed E-state index contributed by atoms with van der Waals surface area (Å²) < 4.78 is 19.8. The summed E-state index contributed by atoms with van der Waals surface area (Å²) >= 11 is 0. The number of aromatic nitrogens is 2. The number of rotatable bonds is 3. The highest BCUT2D eigenvalue weighted by Gasteiger charge is 2.25. The molecule has 2 aromatic rings. The van der Waals surface area contributed by atoms with Crippen LogP contribution < -0.4 is 4.74 Å². The Kier molecular flexibility index (Phi) is 4.09. The Morgan fingerprint density at radius 1 is 1.18 bits per heavy atom. The summed E-state index contributed by atoms with van der Waals surface area (Å²) in [4.78, 5) is 14.4. The Morgan fingerprint density at radius 3 is 2.50 bits per heavy atom. The lowest BCUT2D eigenvalue weighted by atomic mass is 10.1. The van der Waals surface area contributed by atoms with Gasteiger partial charge in [-0.1, -0.05) is 0 Å². The molecule has 1 amide bonds. The predicted octanol–water partition coefficient (Wildman–Crippen LogP) is 2.65. The van der Waals surface area contributed by atoms with Crippen LogP contribution in [0.5, 0.6) is 5.75 Å². The average Bonchev–Trinajstić information content (AvgIpc) is 3.00. The Hall–Kier alpha value is -2.37. The van der Waals surface area contributed by atoms with Gasteiger partial charge < -0.3 is 9.64 Å². The number of nitrogens with zero attached hydrogens (tertiary/aromatic N) is 3. The number of carbonyl (C=O) groups is 1. The van der Waals surface area contributed by atoms with E-state index < -0.39 is 0 Å². The number of amides is 1. The largest absolute Gasteiger partial charge is 0.493 e. The smallest absolute Gasteiger partial charge is 0.278 e. The van der Waals surface area contributed by atoms with Crippen LogP contribution >= 0.6 is 0 Å². The van der Waals surface area contributed by atoms with Crippen molar-refractivity contribution in [2.24, 2.45) is 0 Å². The van der Waals surface area contributed by atoms with E-state index in [1.165, 1.54) is 23.9 Å². The second kappa shape index (κ2) is 6.17. The van der Waals surface area contributed by atoms with Gasteiger partial charge in [-0.15, -0.1) is 0 Å². The zero-order valence-corrected chi connectivity index (χ0v) is 12.5. The molecule has 0 spiro atoms. The zero-order valence-electron chi connectivity index (χ0n) is 12.5. The predicted molar refractivity (Wildman–Crippen MR) is 79.8 cm³/mol. The second-order valence-corrected chi connectivity index (χ2v) is 5.32. The van der Waals surface area contributed by atoms with Gasteiger partial charge in [-0.3, -0.25) is 4.79 Å². The van der Waals surface area contributed by atoms with Crippen molar-refractivity contribution < 1.29 is 13.9 Å². The van der Waals surface area contributed by atoms with Crippen molar-refractivity contribution in [3.8, 4) is 11.4 Å². The van der Waals surface area contributed by atoms with Crippen molar-refractivity contribution in [3.63, 3.8) is 0 Å². The van der Waals surface area contributed by atoms with Crippen molar-refractivity contribution in [1.82, 2.24) is 14.7 Å². The van der Waals surface area contributed by atoms with E-state index in [9.17, 15) is 9.18 Å². The molecule has 0 radical (unpaired) electrons. The fraction of sp³-hybridized carbons (Fsp3) is 0.375. The first kappa shape index (κ1) is 14.6. The van der Waals surface area contributed by atoms with E-state index in [4.69, 9.17) is 4.74 Å². The highest BCUT2D eigenvalue weighted by Crippen LogP contribution is 2.22. The van der Waals surface area contributed by atoms with Crippen molar-refractivity contribution in [1.29, 1.82) is 0 Å². The summed E-state index contributed by atoms with van der Waals surface area (Å²) in [5.41, 5.74) is 0.978. The van der Waals surface area contributed by atoms with Gasteiger partial charge in [0, 0.05) is 13.1 Å². The minimum absolute atomic E-state index is 0.114. The van der Waals surface area contributed by atoms with Gasteiger partial charge in [0.25, 0.3) is 5.91 Å². The van der Waals surface area contributed by atoms with Gasteiger partial charge in [0.15, 0.2) is 11.4 Å². The summed E-state index contributed by atoms with van der Waals surface area (Å²) in [6.45, 7) is 1.51. The number of methoxy groups -OCH3 is 1. The second-order valence-electron chi connectivity index (χ2n) is 5.32. The normalized spacial score (nSPS) is 14.9. The molecule has 1 aromatic carbocycles. The van der Waals surface area contributed by atoms with E-state index in [2.05, 4.69) is 5.10 Å². The molecule has 1 fully saturated rings. The lowest BCUT2D eigenvalue weighted by Gasteiger charge is -2.26. The van der Waals surface area contributed by atoms with E-state index in [0.29, 0.717) is 17.1 Å². The van der Waals surface area contributed by atoms with E-state index >= 15 is 0 Å². The highest BCUT2D eigenvalue weighted by molar-refractivity contribution is 5.95. The lowest BCUT2D eigenvalue weighted by molar-refractivity contribution is 0.0714. The molecule has 0 atom stereocenters. The molecule has 1 saturated heterocycles. The van der Waals surface area contributed by atoms with Gasteiger partial charge in [0.05, 0.1) is 19.0 Å². The van der Waals surface area contributed by atoms with Crippen LogP contribution in [-0.2, 0) is 0 Å². The van der Waals surface area contributed by atoms with Crippen LogP contribution in [0, 0.1) is 5.82 Å². The molecule has 5 nitrogen and oxygen atoms in total. The monoisotopic (exact) mass is 303 g/mol. The molecule has 0 bridgehead atoms. The first-order chi connectivity index (χ1) is 10.7. The van der Waals surface area contributed by atoms with Crippen LogP contribution in [0.15, 0.2) is 30.5 Å².